The maximum absolute atomic E-state index is 12.7. The number of aromatic nitrogens is 2. The first-order chi connectivity index (χ1) is 13.6. The molecule has 3 aromatic rings. The highest BCUT2D eigenvalue weighted by atomic mass is 35.5. The molecule has 2 aromatic carbocycles. The minimum atomic E-state index is -0.314. The normalized spacial score (nSPS) is 16.7. The average Bonchev–Trinajstić information content (AvgIpc) is 3.24. The van der Waals surface area contributed by atoms with Crippen molar-refractivity contribution in [2.24, 2.45) is 0 Å². The number of rotatable bonds is 5. The van der Waals surface area contributed by atoms with Gasteiger partial charge < -0.3 is 14.2 Å². The number of esters is 1. The SMILES string of the molecule is CCOC(=O)Cn1c([C@H]2CC(=O)N(c3ccc(Cl)cc3)C2)nc2ccccc21. The molecule has 28 heavy (non-hydrogen) atoms. The van der Waals surface area contributed by atoms with Crippen LogP contribution in [-0.4, -0.2) is 34.6 Å². The van der Waals surface area contributed by atoms with Gasteiger partial charge in [0.25, 0.3) is 0 Å². The van der Waals surface area contributed by atoms with Gasteiger partial charge in [-0.3, -0.25) is 9.59 Å². The topological polar surface area (TPSA) is 64.4 Å². The van der Waals surface area contributed by atoms with Crippen molar-refractivity contribution in [2.45, 2.75) is 25.8 Å². The van der Waals surface area contributed by atoms with Crippen molar-refractivity contribution in [2.75, 3.05) is 18.1 Å². The molecule has 0 unspecified atom stereocenters. The zero-order chi connectivity index (χ0) is 19.7. The summed E-state index contributed by atoms with van der Waals surface area (Å²) in [5.41, 5.74) is 2.48. The standard InChI is InChI=1S/C21H20ClN3O3/c1-2-28-20(27)13-25-18-6-4-3-5-17(18)23-21(25)14-11-19(26)24(12-14)16-9-7-15(22)8-10-16/h3-10,14H,2,11-13H2,1H3/t14-/m0/s1. The van der Waals surface area contributed by atoms with Crippen LogP contribution in [0.2, 0.25) is 5.02 Å². The highest BCUT2D eigenvalue weighted by Crippen LogP contribution is 2.33. The van der Waals surface area contributed by atoms with E-state index >= 15 is 0 Å². The van der Waals surface area contributed by atoms with E-state index in [2.05, 4.69) is 0 Å². The van der Waals surface area contributed by atoms with Crippen molar-refractivity contribution in [3.05, 3.63) is 59.4 Å². The molecule has 0 saturated carbocycles. The van der Waals surface area contributed by atoms with E-state index in [4.69, 9.17) is 21.3 Å². The quantitative estimate of drug-likeness (QED) is 0.615. The van der Waals surface area contributed by atoms with E-state index in [0.29, 0.717) is 24.6 Å². The molecule has 1 aromatic heterocycles. The second-order valence-electron chi connectivity index (χ2n) is 6.73. The van der Waals surface area contributed by atoms with E-state index in [1.165, 1.54) is 0 Å². The Balaban J connectivity index is 1.68. The molecule has 1 amide bonds. The number of halogens is 1. The number of amides is 1. The highest BCUT2D eigenvalue weighted by Gasteiger charge is 2.35. The Labute approximate surface area is 167 Å². The van der Waals surface area contributed by atoms with E-state index in [1.807, 2.05) is 41.0 Å². The van der Waals surface area contributed by atoms with E-state index in [1.54, 1.807) is 24.0 Å². The Bertz CT molecular complexity index is 1030. The third-order valence-electron chi connectivity index (χ3n) is 4.91. The van der Waals surface area contributed by atoms with Gasteiger partial charge in [-0.2, -0.15) is 0 Å². The van der Waals surface area contributed by atoms with Crippen molar-refractivity contribution in [1.82, 2.24) is 9.55 Å². The minimum absolute atomic E-state index is 0.0297. The maximum atomic E-state index is 12.7. The number of carbonyl (C=O) groups excluding carboxylic acids is 2. The lowest BCUT2D eigenvalue weighted by atomic mass is 10.1. The second-order valence-corrected chi connectivity index (χ2v) is 7.17. The Morgan fingerprint density at radius 2 is 1.96 bits per heavy atom. The lowest BCUT2D eigenvalue weighted by Crippen LogP contribution is -2.24. The number of anilines is 1. The van der Waals surface area contributed by atoms with Crippen LogP contribution in [0, 0.1) is 0 Å². The van der Waals surface area contributed by atoms with Crippen LogP contribution < -0.4 is 4.90 Å². The molecule has 1 aliphatic heterocycles. The predicted octanol–water partition coefficient (Wildman–Crippen LogP) is 3.77. The van der Waals surface area contributed by atoms with Crippen molar-refractivity contribution >= 4 is 40.2 Å². The van der Waals surface area contributed by atoms with Crippen LogP contribution in [-0.2, 0) is 20.9 Å². The van der Waals surface area contributed by atoms with E-state index in [9.17, 15) is 9.59 Å². The Kier molecular flexibility index (Phi) is 5.05. The smallest absolute Gasteiger partial charge is 0.326 e. The van der Waals surface area contributed by atoms with Crippen molar-refractivity contribution in [3.8, 4) is 0 Å². The summed E-state index contributed by atoms with van der Waals surface area (Å²) in [6.07, 6.45) is 0.342. The third kappa shape index (κ3) is 3.47. The van der Waals surface area contributed by atoms with Crippen molar-refractivity contribution in [1.29, 1.82) is 0 Å². The Morgan fingerprint density at radius 3 is 2.71 bits per heavy atom. The van der Waals surface area contributed by atoms with Gasteiger partial charge in [0.1, 0.15) is 12.4 Å². The molecule has 0 spiro atoms. The van der Waals surface area contributed by atoms with Gasteiger partial charge >= 0.3 is 5.97 Å². The summed E-state index contributed by atoms with van der Waals surface area (Å²) in [7, 11) is 0. The zero-order valence-corrected chi connectivity index (χ0v) is 16.2. The number of benzene rings is 2. The van der Waals surface area contributed by atoms with E-state index in [0.717, 1.165) is 22.5 Å². The molecule has 144 valence electrons. The molecule has 1 atom stereocenters. The number of fused-ring (bicyclic) bond motifs is 1. The number of imidazole rings is 1. The zero-order valence-electron chi connectivity index (χ0n) is 15.5. The number of nitrogens with zero attached hydrogens (tertiary/aromatic N) is 3. The molecule has 1 saturated heterocycles. The molecule has 0 aliphatic carbocycles. The minimum Gasteiger partial charge on any atom is -0.465 e. The van der Waals surface area contributed by atoms with Gasteiger partial charge in [-0.15, -0.1) is 0 Å². The summed E-state index contributed by atoms with van der Waals surface area (Å²) >= 11 is 5.96. The molecule has 0 bridgehead atoms. The van der Waals surface area contributed by atoms with Crippen LogP contribution in [0.25, 0.3) is 11.0 Å². The molecule has 4 rings (SSSR count). The Morgan fingerprint density at radius 1 is 1.21 bits per heavy atom. The fraction of sp³-hybridized carbons (Fsp3) is 0.286. The van der Waals surface area contributed by atoms with Gasteiger partial charge in [0.2, 0.25) is 5.91 Å². The molecule has 6 nitrogen and oxygen atoms in total. The van der Waals surface area contributed by atoms with Crippen LogP contribution in [0.5, 0.6) is 0 Å². The van der Waals surface area contributed by atoms with Crippen LogP contribution in [0.1, 0.15) is 25.1 Å². The average molecular weight is 398 g/mol. The fourth-order valence-electron chi connectivity index (χ4n) is 3.66. The van der Waals surface area contributed by atoms with Gasteiger partial charge in [0, 0.05) is 29.6 Å². The summed E-state index contributed by atoms with van der Waals surface area (Å²) < 4.78 is 7.00. The lowest BCUT2D eigenvalue weighted by Gasteiger charge is -2.17. The van der Waals surface area contributed by atoms with Crippen LogP contribution in [0.3, 0.4) is 0 Å². The van der Waals surface area contributed by atoms with Gasteiger partial charge in [0.05, 0.1) is 17.6 Å². The lowest BCUT2D eigenvalue weighted by molar-refractivity contribution is -0.143. The molecular weight excluding hydrogens is 378 g/mol. The van der Waals surface area contributed by atoms with Crippen molar-refractivity contribution in [3.63, 3.8) is 0 Å². The summed E-state index contributed by atoms with van der Waals surface area (Å²) in [5.74, 6) is 0.344. The molecule has 1 fully saturated rings. The third-order valence-corrected chi connectivity index (χ3v) is 5.16. The number of hydrogen-bond donors (Lipinski definition) is 0. The molecule has 1 aliphatic rings. The molecule has 0 radical (unpaired) electrons. The maximum Gasteiger partial charge on any atom is 0.326 e. The van der Waals surface area contributed by atoms with Gasteiger partial charge in [0.15, 0.2) is 0 Å². The molecule has 7 heteroatoms. The van der Waals surface area contributed by atoms with Gasteiger partial charge in [-0.05, 0) is 43.3 Å². The summed E-state index contributed by atoms with van der Waals surface area (Å²) in [6.45, 7) is 2.69. The molecule has 2 heterocycles. The molecular formula is C21H20ClN3O3. The number of ether oxygens (including phenoxy) is 1. The second kappa shape index (κ2) is 7.64. The number of para-hydroxylation sites is 2. The first kappa shape index (κ1) is 18.5. The largest absolute Gasteiger partial charge is 0.465 e. The first-order valence-corrected chi connectivity index (χ1v) is 9.61. The fourth-order valence-corrected chi connectivity index (χ4v) is 3.78. The van der Waals surface area contributed by atoms with Gasteiger partial charge in [-0.25, -0.2) is 4.98 Å². The van der Waals surface area contributed by atoms with Crippen LogP contribution in [0.4, 0.5) is 5.69 Å². The Hall–Kier alpha value is -2.86. The van der Waals surface area contributed by atoms with E-state index < -0.39 is 0 Å². The van der Waals surface area contributed by atoms with E-state index in [-0.39, 0.29) is 24.3 Å². The molecule has 0 N–H and O–H groups in total. The summed E-state index contributed by atoms with van der Waals surface area (Å²) in [6, 6.07) is 14.9. The number of hydrogen-bond acceptors (Lipinski definition) is 4. The first-order valence-electron chi connectivity index (χ1n) is 9.23. The summed E-state index contributed by atoms with van der Waals surface area (Å²) in [5, 5.41) is 0.628. The van der Waals surface area contributed by atoms with Crippen LogP contribution in [0.15, 0.2) is 48.5 Å². The van der Waals surface area contributed by atoms with Crippen LogP contribution >= 0.6 is 11.6 Å². The van der Waals surface area contributed by atoms with Gasteiger partial charge in [-0.1, -0.05) is 23.7 Å². The summed E-state index contributed by atoms with van der Waals surface area (Å²) in [4.78, 5) is 31.3. The number of carbonyl (C=O) groups is 2. The highest BCUT2D eigenvalue weighted by molar-refractivity contribution is 6.30. The van der Waals surface area contributed by atoms with Crippen molar-refractivity contribution < 1.29 is 14.3 Å². The predicted molar refractivity (Wildman–Crippen MR) is 108 cm³/mol. The monoisotopic (exact) mass is 397 g/mol.